The number of thiazole rings is 1. The number of nitrogens with zero attached hydrogens (tertiary/aromatic N) is 2. The Morgan fingerprint density at radius 3 is 2.71 bits per heavy atom. The molecule has 1 aromatic carbocycles. The van der Waals surface area contributed by atoms with Crippen molar-refractivity contribution in [3.63, 3.8) is 0 Å². The Bertz CT molecular complexity index is 952. The highest BCUT2D eigenvalue weighted by molar-refractivity contribution is 7.81. The normalized spacial score (nSPS) is 16.9. The van der Waals surface area contributed by atoms with Crippen LogP contribution in [0, 0.1) is 5.41 Å². The smallest absolute Gasteiger partial charge is 0.335 e. The highest BCUT2D eigenvalue weighted by Gasteiger charge is 2.26. The summed E-state index contributed by atoms with van der Waals surface area (Å²) in [6, 6.07) is 4.12. The van der Waals surface area contributed by atoms with E-state index in [9.17, 15) is 13.6 Å². The summed E-state index contributed by atoms with van der Waals surface area (Å²) in [7, 11) is 1.38. The molecule has 2 aromatic rings. The first-order valence-electron chi connectivity index (χ1n) is 8.69. The average molecular weight is 423 g/mol. The minimum absolute atomic E-state index is 0.0261. The summed E-state index contributed by atoms with van der Waals surface area (Å²) in [5.41, 5.74) is 1.72. The Kier molecular flexibility index (Phi) is 5.87. The summed E-state index contributed by atoms with van der Waals surface area (Å²) in [5, 5.41) is 11.7. The van der Waals surface area contributed by atoms with Crippen LogP contribution in [0.25, 0.3) is 5.57 Å². The van der Waals surface area contributed by atoms with E-state index in [2.05, 4.69) is 24.9 Å². The number of rotatable bonds is 6. The third-order valence-corrected chi connectivity index (χ3v) is 6.35. The molecule has 1 aliphatic carbocycles. The molecule has 0 saturated heterocycles. The molecule has 150 valence electrons. The van der Waals surface area contributed by atoms with E-state index in [1.165, 1.54) is 36.6 Å². The molecule has 1 heterocycles. The molecule has 0 bridgehead atoms. The quantitative estimate of drug-likeness (QED) is 0.654. The summed E-state index contributed by atoms with van der Waals surface area (Å²) in [5.74, 6) is -0.618. The van der Waals surface area contributed by atoms with Gasteiger partial charge in [0, 0.05) is 5.38 Å². The molecule has 0 spiro atoms. The molecule has 0 amide bonds. The maximum atomic E-state index is 12.1. The van der Waals surface area contributed by atoms with Gasteiger partial charge in [-0.1, -0.05) is 19.9 Å². The number of anilines is 2. The van der Waals surface area contributed by atoms with Crippen LogP contribution in [0.4, 0.5) is 11.5 Å². The lowest BCUT2D eigenvalue weighted by atomic mass is 9.78. The van der Waals surface area contributed by atoms with Gasteiger partial charge in [0.2, 0.25) is 0 Å². The van der Waals surface area contributed by atoms with E-state index in [-0.39, 0.29) is 22.4 Å². The van der Waals surface area contributed by atoms with Gasteiger partial charge in [0.1, 0.15) is 16.4 Å². The van der Waals surface area contributed by atoms with Crippen molar-refractivity contribution < 1.29 is 23.4 Å². The number of carboxylic acids is 1. The Hall–Kier alpha value is -2.23. The molecule has 1 aromatic heterocycles. The largest absolute Gasteiger partial charge is 0.495 e. The maximum Gasteiger partial charge on any atom is 0.335 e. The second-order valence-corrected chi connectivity index (χ2v) is 9.01. The summed E-state index contributed by atoms with van der Waals surface area (Å²) in [6.45, 7) is 4.47. The van der Waals surface area contributed by atoms with Crippen molar-refractivity contribution in [1.82, 2.24) is 4.98 Å². The van der Waals surface area contributed by atoms with E-state index >= 15 is 0 Å². The van der Waals surface area contributed by atoms with Gasteiger partial charge >= 0.3 is 5.97 Å². The van der Waals surface area contributed by atoms with Crippen LogP contribution in [-0.2, 0) is 11.3 Å². The summed E-state index contributed by atoms with van der Waals surface area (Å²) < 4.78 is 28.3. The van der Waals surface area contributed by atoms with Gasteiger partial charge < -0.3 is 9.84 Å². The first-order valence-corrected chi connectivity index (χ1v) is 10.6. The monoisotopic (exact) mass is 422 g/mol. The maximum absolute atomic E-state index is 12.1. The first-order chi connectivity index (χ1) is 13.2. The van der Waals surface area contributed by atoms with E-state index in [1.54, 1.807) is 5.38 Å². The van der Waals surface area contributed by atoms with E-state index < -0.39 is 17.2 Å². The molecule has 1 atom stereocenters. The molecule has 0 radical (unpaired) electrons. The van der Waals surface area contributed by atoms with E-state index in [0.29, 0.717) is 5.82 Å². The molecule has 2 N–H and O–H groups in total. The van der Waals surface area contributed by atoms with Crippen molar-refractivity contribution in [1.29, 1.82) is 0 Å². The van der Waals surface area contributed by atoms with E-state index in [4.69, 9.17) is 9.84 Å². The number of hydrogen-bond acceptors (Lipinski definition) is 5. The van der Waals surface area contributed by atoms with Crippen molar-refractivity contribution in [2.75, 3.05) is 11.4 Å². The molecule has 3 rings (SSSR count). The second-order valence-electron chi connectivity index (χ2n) is 7.33. The highest BCUT2D eigenvalue weighted by Crippen LogP contribution is 2.41. The number of carboxylic acid groups (broad SMARTS) is 1. The molecular weight excluding hydrogens is 400 g/mol. The third kappa shape index (κ3) is 4.26. The van der Waals surface area contributed by atoms with Crippen LogP contribution < -0.4 is 9.04 Å². The van der Waals surface area contributed by atoms with Gasteiger partial charge in [0.25, 0.3) is 11.3 Å². The van der Waals surface area contributed by atoms with Gasteiger partial charge in [0.15, 0.2) is 5.82 Å². The minimum Gasteiger partial charge on any atom is -0.495 e. The van der Waals surface area contributed by atoms with Crippen molar-refractivity contribution in [3.05, 3.63) is 40.2 Å². The molecule has 9 heteroatoms. The number of aromatic nitrogens is 1. The van der Waals surface area contributed by atoms with Crippen LogP contribution in [0.15, 0.2) is 29.7 Å². The number of ether oxygens (including phenoxy) is 1. The van der Waals surface area contributed by atoms with Crippen LogP contribution in [0.1, 0.15) is 48.5 Å². The molecular formula is C19H22N2O5S2. The summed E-state index contributed by atoms with van der Waals surface area (Å²) in [6.07, 6.45) is 5.14. The minimum atomic E-state index is -2.41. The van der Waals surface area contributed by atoms with Crippen LogP contribution in [0.2, 0.25) is 0 Å². The Balaban J connectivity index is 1.97. The fourth-order valence-electron chi connectivity index (χ4n) is 3.04. The number of carbonyl (C=O) groups is 1. The highest BCUT2D eigenvalue weighted by atomic mass is 32.2. The SMILES string of the molecule is COc1cc(C(=O)O)ccc1N(c1csc(C2=CCC(C)(C)CC2)n1)S(=O)O. The van der Waals surface area contributed by atoms with Gasteiger partial charge in [-0.3, -0.25) is 4.55 Å². The number of allylic oxidation sites excluding steroid dienone is 2. The van der Waals surface area contributed by atoms with Crippen LogP contribution in [0.3, 0.4) is 0 Å². The van der Waals surface area contributed by atoms with Crippen LogP contribution in [0.5, 0.6) is 5.75 Å². The average Bonchev–Trinajstić information content (AvgIpc) is 3.11. The zero-order valence-electron chi connectivity index (χ0n) is 15.8. The molecule has 1 aliphatic rings. The van der Waals surface area contributed by atoms with Crippen molar-refractivity contribution in [2.24, 2.45) is 5.41 Å². The predicted molar refractivity (Wildman–Crippen MR) is 111 cm³/mol. The van der Waals surface area contributed by atoms with Gasteiger partial charge in [-0.05, 0) is 48.4 Å². The van der Waals surface area contributed by atoms with Crippen molar-refractivity contribution in [3.8, 4) is 5.75 Å². The van der Waals surface area contributed by atoms with Gasteiger partial charge in [0.05, 0.1) is 12.7 Å². The second kappa shape index (κ2) is 8.02. The topological polar surface area (TPSA) is 100.0 Å². The Labute approximate surface area is 170 Å². The van der Waals surface area contributed by atoms with Gasteiger partial charge in [-0.2, -0.15) is 0 Å². The zero-order valence-corrected chi connectivity index (χ0v) is 17.5. The van der Waals surface area contributed by atoms with E-state index in [1.807, 2.05) is 0 Å². The summed E-state index contributed by atoms with van der Waals surface area (Å²) in [4.78, 5) is 15.7. The molecule has 7 nitrogen and oxygen atoms in total. The van der Waals surface area contributed by atoms with Gasteiger partial charge in [-0.15, -0.1) is 11.3 Å². The molecule has 1 unspecified atom stereocenters. The lowest BCUT2D eigenvalue weighted by Crippen LogP contribution is -2.20. The summed E-state index contributed by atoms with van der Waals surface area (Å²) >= 11 is -0.991. The van der Waals surface area contributed by atoms with Gasteiger partial charge in [-0.25, -0.2) is 18.3 Å². The van der Waals surface area contributed by atoms with E-state index in [0.717, 1.165) is 34.1 Å². The molecule has 0 saturated carbocycles. The Morgan fingerprint density at radius 1 is 1.39 bits per heavy atom. The number of benzene rings is 1. The fraction of sp³-hybridized carbons (Fsp3) is 0.368. The number of aromatic carboxylic acids is 1. The Morgan fingerprint density at radius 2 is 2.14 bits per heavy atom. The lowest BCUT2D eigenvalue weighted by molar-refractivity contribution is 0.0696. The van der Waals surface area contributed by atoms with Crippen molar-refractivity contribution in [2.45, 2.75) is 33.1 Å². The number of methoxy groups -OCH3 is 1. The predicted octanol–water partition coefficient (Wildman–Crippen LogP) is 4.72. The zero-order chi connectivity index (χ0) is 20.5. The number of hydrogen-bond donors (Lipinski definition) is 2. The molecule has 0 fully saturated rings. The molecule has 0 aliphatic heterocycles. The first kappa shape index (κ1) is 20.5. The third-order valence-electron chi connectivity index (χ3n) is 4.75. The molecule has 28 heavy (non-hydrogen) atoms. The van der Waals surface area contributed by atoms with Crippen LogP contribution in [-0.4, -0.2) is 31.9 Å². The standard InChI is InChI=1S/C19H22N2O5S2/c1-19(2)8-6-12(7-9-19)17-20-16(11-27-17)21(28(24)25)14-5-4-13(18(22)23)10-15(14)26-3/h4-6,10-11H,7-9H2,1-3H3,(H,22,23)(H,24,25). The van der Waals surface area contributed by atoms with Crippen molar-refractivity contribution >= 4 is 45.7 Å². The lowest BCUT2D eigenvalue weighted by Gasteiger charge is -2.27. The van der Waals surface area contributed by atoms with Crippen LogP contribution >= 0.6 is 11.3 Å². The fourth-order valence-corrected chi connectivity index (χ4v) is 4.54.